The second kappa shape index (κ2) is 8.42. The zero-order chi connectivity index (χ0) is 18.6. The van der Waals surface area contributed by atoms with Crippen LogP contribution < -0.4 is 4.74 Å². The summed E-state index contributed by atoms with van der Waals surface area (Å²) in [4.78, 5) is 8.19. The summed E-state index contributed by atoms with van der Waals surface area (Å²) in [6.45, 7) is 5.82. The Morgan fingerprint density at radius 1 is 1.37 bits per heavy atom. The van der Waals surface area contributed by atoms with Crippen LogP contribution in [-0.2, 0) is 13.0 Å². The van der Waals surface area contributed by atoms with Gasteiger partial charge in [0.2, 0.25) is 0 Å². The number of H-pyrrole nitrogens is 1. The Balaban J connectivity index is 1.26. The van der Waals surface area contributed by atoms with Gasteiger partial charge < -0.3 is 4.74 Å². The number of nitrogens with zero attached hydrogens (tertiary/aromatic N) is 3. The number of aromatic amines is 1. The summed E-state index contributed by atoms with van der Waals surface area (Å²) < 4.78 is 5.77. The van der Waals surface area contributed by atoms with E-state index in [0.29, 0.717) is 17.5 Å². The van der Waals surface area contributed by atoms with Gasteiger partial charge in [0.1, 0.15) is 5.75 Å². The summed E-state index contributed by atoms with van der Waals surface area (Å²) in [5.74, 6) is 1.30. The molecule has 5 nitrogen and oxygen atoms in total. The van der Waals surface area contributed by atoms with Gasteiger partial charge in [0.25, 0.3) is 0 Å². The monoisotopic (exact) mass is 402 g/mol. The molecule has 2 aromatic heterocycles. The highest BCUT2D eigenvalue weighted by atomic mass is 35.5. The van der Waals surface area contributed by atoms with E-state index in [-0.39, 0.29) is 0 Å². The molecule has 1 N–H and O–H groups in total. The van der Waals surface area contributed by atoms with Crippen LogP contribution in [0.4, 0.5) is 0 Å². The van der Waals surface area contributed by atoms with Gasteiger partial charge in [-0.2, -0.15) is 5.10 Å². The van der Waals surface area contributed by atoms with Gasteiger partial charge in [-0.25, -0.2) is 4.98 Å². The fourth-order valence-corrected chi connectivity index (χ4v) is 4.49. The largest absolute Gasteiger partial charge is 0.493 e. The Labute approximate surface area is 168 Å². The van der Waals surface area contributed by atoms with Gasteiger partial charge in [-0.05, 0) is 44.2 Å². The number of rotatable bonds is 7. The first-order chi connectivity index (χ1) is 13.2. The molecule has 27 heavy (non-hydrogen) atoms. The van der Waals surface area contributed by atoms with Crippen molar-refractivity contribution < 1.29 is 4.74 Å². The van der Waals surface area contributed by atoms with Crippen molar-refractivity contribution in [1.82, 2.24) is 20.1 Å². The first-order valence-corrected chi connectivity index (χ1v) is 10.4. The van der Waals surface area contributed by atoms with Crippen LogP contribution in [0.2, 0.25) is 5.02 Å². The molecule has 1 fully saturated rings. The molecule has 1 aliphatic rings. The van der Waals surface area contributed by atoms with E-state index in [1.54, 1.807) is 11.3 Å². The van der Waals surface area contributed by atoms with Crippen LogP contribution in [0.5, 0.6) is 5.75 Å². The van der Waals surface area contributed by atoms with E-state index < -0.39 is 0 Å². The molecule has 0 unspecified atom stereocenters. The van der Waals surface area contributed by atoms with Crippen LogP contribution in [0, 0.1) is 6.92 Å². The van der Waals surface area contributed by atoms with Gasteiger partial charge in [-0.15, -0.1) is 11.3 Å². The summed E-state index contributed by atoms with van der Waals surface area (Å²) in [6, 6.07) is 9.67. The second-order valence-electron chi connectivity index (χ2n) is 6.94. The highest BCUT2D eigenvalue weighted by Gasteiger charge is 2.26. The van der Waals surface area contributed by atoms with E-state index in [0.717, 1.165) is 54.6 Å². The number of likely N-dealkylation sites (tertiary alicyclic amines) is 1. The maximum atomic E-state index is 5.98. The second-order valence-corrected chi connectivity index (χ2v) is 8.70. The van der Waals surface area contributed by atoms with Crippen LogP contribution in [0.15, 0.2) is 36.5 Å². The number of thiazole rings is 1. The molecular formula is C20H23ClN4OS. The van der Waals surface area contributed by atoms with Gasteiger partial charge in [-0.3, -0.25) is 10.00 Å². The third kappa shape index (κ3) is 4.89. The van der Waals surface area contributed by atoms with Crippen LogP contribution in [-0.4, -0.2) is 39.8 Å². The Hall–Kier alpha value is -1.89. The standard InChI is InChI=1S/C20H23ClN4OS/c1-14-22-11-19(27-14)13-25-7-5-15(12-25)20-10-17(23-24-20)6-8-26-18-4-2-3-16(21)9-18/h2-4,9-11,15H,5-8,12-13H2,1H3,(H,23,24)/t15-/m1/s1. The molecule has 4 rings (SSSR count). The third-order valence-corrected chi connectivity index (χ3v) is 5.96. The maximum absolute atomic E-state index is 5.98. The summed E-state index contributed by atoms with van der Waals surface area (Å²) in [5, 5.41) is 9.54. The van der Waals surface area contributed by atoms with Crippen LogP contribution >= 0.6 is 22.9 Å². The number of ether oxygens (including phenoxy) is 1. The van der Waals surface area contributed by atoms with E-state index in [2.05, 4.69) is 33.1 Å². The Kier molecular flexibility index (Phi) is 5.76. The van der Waals surface area contributed by atoms with Crippen molar-refractivity contribution in [3.63, 3.8) is 0 Å². The Bertz CT molecular complexity index is 894. The fourth-order valence-electron chi connectivity index (χ4n) is 3.47. The minimum Gasteiger partial charge on any atom is -0.493 e. The number of hydrogen-bond acceptors (Lipinski definition) is 5. The number of aryl methyl sites for hydroxylation is 1. The summed E-state index contributed by atoms with van der Waals surface area (Å²) in [6.07, 6.45) is 3.96. The smallest absolute Gasteiger partial charge is 0.120 e. The zero-order valence-electron chi connectivity index (χ0n) is 15.3. The van der Waals surface area contributed by atoms with Crippen LogP contribution in [0.1, 0.15) is 33.6 Å². The first-order valence-electron chi connectivity index (χ1n) is 9.22. The van der Waals surface area contributed by atoms with Crippen molar-refractivity contribution in [3.8, 4) is 5.75 Å². The lowest BCUT2D eigenvalue weighted by molar-refractivity contribution is 0.320. The molecule has 0 aliphatic carbocycles. The van der Waals surface area contributed by atoms with Crippen molar-refractivity contribution in [1.29, 1.82) is 0 Å². The van der Waals surface area contributed by atoms with Crippen molar-refractivity contribution in [2.45, 2.75) is 32.2 Å². The molecule has 0 amide bonds. The number of hydrogen-bond donors (Lipinski definition) is 1. The average Bonchev–Trinajstić information content (AvgIpc) is 3.37. The van der Waals surface area contributed by atoms with Gasteiger partial charge in [0.05, 0.1) is 17.3 Å². The van der Waals surface area contributed by atoms with Crippen LogP contribution in [0.3, 0.4) is 0 Å². The van der Waals surface area contributed by atoms with Gasteiger partial charge >= 0.3 is 0 Å². The lowest BCUT2D eigenvalue weighted by Crippen LogP contribution is -2.19. The Morgan fingerprint density at radius 3 is 3.11 bits per heavy atom. The molecule has 0 bridgehead atoms. The number of benzene rings is 1. The molecule has 3 heterocycles. The van der Waals surface area contributed by atoms with Gasteiger partial charge in [0.15, 0.2) is 0 Å². The molecular weight excluding hydrogens is 380 g/mol. The van der Waals surface area contributed by atoms with E-state index in [9.17, 15) is 0 Å². The summed E-state index contributed by atoms with van der Waals surface area (Å²) in [7, 11) is 0. The Morgan fingerprint density at radius 2 is 2.30 bits per heavy atom. The number of halogens is 1. The van der Waals surface area contributed by atoms with Crippen molar-refractivity contribution in [2.75, 3.05) is 19.7 Å². The summed E-state index contributed by atoms with van der Waals surface area (Å²) >= 11 is 7.76. The molecule has 0 saturated carbocycles. The highest BCUT2D eigenvalue weighted by molar-refractivity contribution is 7.11. The highest BCUT2D eigenvalue weighted by Crippen LogP contribution is 2.28. The van der Waals surface area contributed by atoms with Gasteiger partial charge in [0, 0.05) is 47.2 Å². The molecule has 142 valence electrons. The molecule has 1 atom stereocenters. The predicted octanol–water partition coefficient (Wildman–Crippen LogP) is 4.44. The third-order valence-electron chi connectivity index (χ3n) is 4.83. The van der Waals surface area contributed by atoms with Crippen molar-refractivity contribution in [2.24, 2.45) is 0 Å². The lowest BCUT2D eigenvalue weighted by Gasteiger charge is -2.13. The van der Waals surface area contributed by atoms with E-state index in [1.165, 1.54) is 4.88 Å². The summed E-state index contributed by atoms with van der Waals surface area (Å²) in [5.41, 5.74) is 2.28. The fraction of sp³-hybridized carbons (Fsp3) is 0.400. The van der Waals surface area contributed by atoms with E-state index in [4.69, 9.17) is 16.3 Å². The van der Waals surface area contributed by atoms with Crippen molar-refractivity contribution >= 4 is 22.9 Å². The van der Waals surface area contributed by atoms with E-state index >= 15 is 0 Å². The molecule has 7 heteroatoms. The zero-order valence-corrected chi connectivity index (χ0v) is 16.9. The lowest BCUT2D eigenvalue weighted by atomic mass is 10.0. The topological polar surface area (TPSA) is 54.0 Å². The first kappa shape index (κ1) is 18.5. The average molecular weight is 403 g/mol. The van der Waals surface area contributed by atoms with E-state index in [1.807, 2.05) is 30.5 Å². The molecule has 1 aliphatic heterocycles. The van der Waals surface area contributed by atoms with Crippen molar-refractivity contribution in [3.05, 3.63) is 62.8 Å². The quantitative estimate of drug-likeness (QED) is 0.634. The normalized spacial score (nSPS) is 17.5. The predicted molar refractivity (Wildman–Crippen MR) is 109 cm³/mol. The SMILES string of the molecule is Cc1ncc(CN2CC[C@@H](c3cc(CCOc4cccc(Cl)c4)[nH]n3)C2)s1. The maximum Gasteiger partial charge on any atom is 0.120 e. The minimum atomic E-state index is 0.498. The minimum absolute atomic E-state index is 0.498. The molecule has 3 aromatic rings. The van der Waals surface area contributed by atoms with Crippen LogP contribution in [0.25, 0.3) is 0 Å². The number of nitrogens with one attached hydrogen (secondary N) is 1. The molecule has 0 spiro atoms. The molecule has 0 radical (unpaired) electrons. The van der Waals surface area contributed by atoms with Gasteiger partial charge in [-0.1, -0.05) is 17.7 Å². The molecule has 1 saturated heterocycles. The number of aromatic nitrogens is 3. The molecule has 1 aromatic carbocycles.